The van der Waals surface area contributed by atoms with Gasteiger partial charge in [-0.15, -0.1) is 0 Å². The van der Waals surface area contributed by atoms with Crippen LogP contribution in [0.5, 0.6) is 0 Å². The van der Waals surface area contributed by atoms with Gasteiger partial charge >= 0.3 is 0 Å². The topological polar surface area (TPSA) is 31.0 Å². The normalized spacial score (nSPS) is 20.7. The van der Waals surface area contributed by atoms with Gasteiger partial charge in [0.1, 0.15) is 12.2 Å². The molecule has 0 amide bonds. The molecule has 1 aromatic rings. The molecular formula is C19H28O3Si. The van der Waals surface area contributed by atoms with E-state index in [9.17, 15) is 0 Å². The minimum atomic E-state index is -1.70. The highest BCUT2D eigenvalue weighted by atomic mass is 28.4. The molecule has 0 aromatic heterocycles. The molecule has 126 valence electrons. The van der Waals surface area contributed by atoms with Crippen molar-refractivity contribution < 1.29 is 13.9 Å². The highest BCUT2D eigenvalue weighted by molar-refractivity contribution is 6.74. The standard InChI is InChI=1S/C19H28O3Si/c1-19(2,3)23(4,5)21-13-9-12-17-18(22-17)15-20-14-16-10-7-6-8-11-16/h6-8,10-11,17-18H,13-15H2,1-5H3/t17-,18-/m0/s1. The van der Waals surface area contributed by atoms with E-state index in [1.54, 1.807) is 0 Å². The third-order valence-corrected chi connectivity index (χ3v) is 9.01. The number of hydrogen-bond donors (Lipinski definition) is 0. The van der Waals surface area contributed by atoms with Crippen molar-refractivity contribution in [2.75, 3.05) is 13.2 Å². The summed E-state index contributed by atoms with van der Waals surface area (Å²) in [6.45, 7) is 12.9. The molecule has 2 atom stereocenters. The summed E-state index contributed by atoms with van der Waals surface area (Å²) < 4.78 is 17.2. The fourth-order valence-electron chi connectivity index (χ4n) is 1.84. The van der Waals surface area contributed by atoms with Crippen molar-refractivity contribution in [2.45, 2.75) is 57.7 Å². The minimum absolute atomic E-state index is 0.00814. The maximum atomic E-state index is 6.02. The van der Waals surface area contributed by atoms with E-state index in [0.29, 0.717) is 19.8 Å². The van der Waals surface area contributed by atoms with Gasteiger partial charge in [0.2, 0.25) is 0 Å². The fraction of sp³-hybridized carbons (Fsp3) is 0.579. The molecule has 0 spiro atoms. The highest BCUT2D eigenvalue weighted by Crippen LogP contribution is 2.36. The summed E-state index contributed by atoms with van der Waals surface area (Å²) >= 11 is 0. The lowest BCUT2D eigenvalue weighted by atomic mass is 10.2. The lowest BCUT2D eigenvalue weighted by Crippen LogP contribution is -2.40. The van der Waals surface area contributed by atoms with Crippen LogP contribution in [0.25, 0.3) is 0 Å². The van der Waals surface area contributed by atoms with Crippen LogP contribution in [0.3, 0.4) is 0 Å². The summed E-state index contributed by atoms with van der Waals surface area (Å²) in [7, 11) is -1.70. The Morgan fingerprint density at radius 1 is 1.17 bits per heavy atom. The van der Waals surface area contributed by atoms with E-state index in [1.807, 2.05) is 18.2 Å². The van der Waals surface area contributed by atoms with Gasteiger partial charge in [0, 0.05) is 0 Å². The molecule has 1 fully saturated rings. The van der Waals surface area contributed by atoms with Crippen molar-refractivity contribution in [2.24, 2.45) is 0 Å². The Kier molecular flexibility index (Phi) is 6.04. The summed E-state index contributed by atoms with van der Waals surface area (Å²) in [4.78, 5) is 0. The predicted molar refractivity (Wildman–Crippen MR) is 95.7 cm³/mol. The van der Waals surface area contributed by atoms with Gasteiger partial charge in [-0.05, 0) is 23.7 Å². The van der Waals surface area contributed by atoms with Crippen molar-refractivity contribution in [3.05, 3.63) is 35.9 Å². The third-order valence-electron chi connectivity index (χ3n) is 4.53. The summed E-state index contributed by atoms with van der Waals surface area (Å²) in [5, 5.41) is 0.221. The lowest BCUT2D eigenvalue weighted by Gasteiger charge is -2.35. The van der Waals surface area contributed by atoms with Crippen molar-refractivity contribution in [3.63, 3.8) is 0 Å². The first-order valence-corrected chi connectivity index (χ1v) is 11.1. The SMILES string of the molecule is CC(C)(C)[Si](C)(C)OCC#C[C@@H]1O[C@H]1COCc1ccccc1. The Balaban J connectivity index is 1.62. The average Bonchev–Trinajstić information content (AvgIpc) is 3.22. The van der Waals surface area contributed by atoms with Crippen LogP contribution < -0.4 is 0 Å². The van der Waals surface area contributed by atoms with Crippen LogP contribution in [-0.4, -0.2) is 33.7 Å². The zero-order valence-electron chi connectivity index (χ0n) is 14.9. The van der Waals surface area contributed by atoms with Crippen LogP contribution >= 0.6 is 0 Å². The molecule has 0 aliphatic carbocycles. The van der Waals surface area contributed by atoms with Crippen LogP contribution in [0, 0.1) is 11.8 Å². The predicted octanol–water partition coefficient (Wildman–Crippen LogP) is 4.00. The Morgan fingerprint density at radius 3 is 2.52 bits per heavy atom. The monoisotopic (exact) mass is 332 g/mol. The molecule has 0 unspecified atom stereocenters. The minimum Gasteiger partial charge on any atom is -0.406 e. The second kappa shape index (κ2) is 7.63. The largest absolute Gasteiger partial charge is 0.406 e. The summed E-state index contributed by atoms with van der Waals surface area (Å²) in [6.07, 6.45) is 0.118. The first-order valence-electron chi connectivity index (χ1n) is 8.19. The van der Waals surface area contributed by atoms with Crippen molar-refractivity contribution in [1.82, 2.24) is 0 Å². The van der Waals surface area contributed by atoms with E-state index in [-0.39, 0.29) is 17.2 Å². The Morgan fingerprint density at radius 2 is 1.87 bits per heavy atom. The lowest BCUT2D eigenvalue weighted by molar-refractivity contribution is 0.104. The van der Waals surface area contributed by atoms with Gasteiger partial charge in [-0.1, -0.05) is 62.9 Å². The first-order chi connectivity index (χ1) is 10.8. The van der Waals surface area contributed by atoms with E-state index >= 15 is 0 Å². The molecule has 1 saturated heterocycles. The number of ether oxygens (including phenoxy) is 2. The molecule has 1 aromatic carbocycles. The van der Waals surface area contributed by atoms with E-state index in [1.165, 1.54) is 5.56 Å². The second-order valence-corrected chi connectivity index (χ2v) is 12.3. The number of rotatable bonds is 6. The molecule has 3 nitrogen and oxygen atoms in total. The Hall–Kier alpha value is -1.12. The fourth-order valence-corrected chi connectivity index (χ4v) is 2.71. The molecule has 23 heavy (non-hydrogen) atoms. The van der Waals surface area contributed by atoms with Crippen molar-refractivity contribution in [3.8, 4) is 11.8 Å². The maximum absolute atomic E-state index is 6.02. The van der Waals surface area contributed by atoms with Gasteiger partial charge in [-0.3, -0.25) is 0 Å². The molecular weight excluding hydrogens is 304 g/mol. The molecule has 2 rings (SSSR count). The highest BCUT2D eigenvalue weighted by Gasteiger charge is 2.38. The van der Waals surface area contributed by atoms with Crippen LogP contribution in [-0.2, 0) is 20.5 Å². The summed E-state index contributed by atoms with van der Waals surface area (Å²) in [6, 6.07) is 10.2. The molecule has 1 aliphatic rings. The zero-order chi connectivity index (χ0) is 16.9. The molecule has 1 aliphatic heterocycles. The molecule has 0 radical (unpaired) electrons. The van der Waals surface area contributed by atoms with E-state index in [2.05, 4.69) is 57.8 Å². The first kappa shape index (κ1) is 18.2. The van der Waals surface area contributed by atoms with Gasteiger partial charge < -0.3 is 13.9 Å². The number of benzene rings is 1. The Bertz CT molecular complexity index is 551. The average molecular weight is 333 g/mol. The number of hydrogen-bond acceptors (Lipinski definition) is 3. The van der Waals surface area contributed by atoms with E-state index < -0.39 is 8.32 Å². The molecule has 4 heteroatoms. The van der Waals surface area contributed by atoms with Gasteiger partial charge in [0.15, 0.2) is 8.32 Å². The quantitative estimate of drug-likeness (QED) is 0.448. The zero-order valence-corrected chi connectivity index (χ0v) is 15.9. The van der Waals surface area contributed by atoms with Crippen LogP contribution in [0.4, 0.5) is 0 Å². The maximum Gasteiger partial charge on any atom is 0.193 e. The second-order valence-electron chi connectivity index (χ2n) is 7.47. The van der Waals surface area contributed by atoms with Gasteiger partial charge in [0.05, 0.1) is 19.8 Å². The molecule has 1 heterocycles. The van der Waals surface area contributed by atoms with E-state index in [4.69, 9.17) is 13.9 Å². The summed E-state index contributed by atoms with van der Waals surface area (Å²) in [5.41, 5.74) is 1.18. The molecule has 0 bridgehead atoms. The van der Waals surface area contributed by atoms with Crippen LogP contribution in [0.2, 0.25) is 18.1 Å². The molecule has 0 saturated carbocycles. The van der Waals surface area contributed by atoms with Gasteiger partial charge in [0.25, 0.3) is 0 Å². The van der Waals surface area contributed by atoms with Gasteiger partial charge in [-0.2, -0.15) is 0 Å². The smallest absolute Gasteiger partial charge is 0.193 e. The van der Waals surface area contributed by atoms with Crippen molar-refractivity contribution >= 4 is 8.32 Å². The van der Waals surface area contributed by atoms with Crippen LogP contribution in [0.15, 0.2) is 30.3 Å². The van der Waals surface area contributed by atoms with Crippen molar-refractivity contribution in [1.29, 1.82) is 0 Å². The Labute approximate surface area is 141 Å². The van der Waals surface area contributed by atoms with Crippen LogP contribution in [0.1, 0.15) is 26.3 Å². The summed E-state index contributed by atoms with van der Waals surface area (Å²) in [5.74, 6) is 6.22. The third kappa shape index (κ3) is 5.78. The van der Waals surface area contributed by atoms with Gasteiger partial charge in [-0.25, -0.2) is 0 Å². The van der Waals surface area contributed by atoms with E-state index in [0.717, 1.165) is 0 Å². The molecule has 0 N–H and O–H groups in total. The number of epoxide rings is 1.